The molecule has 0 aliphatic rings. The van der Waals surface area contributed by atoms with Crippen LogP contribution in [0.5, 0.6) is 0 Å². The Morgan fingerprint density at radius 1 is 1.43 bits per heavy atom. The Morgan fingerprint density at radius 2 is 2.07 bits per heavy atom. The lowest BCUT2D eigenvalue weighted by molar-refractivity contribution is 0.0245. The number of nitrogens with zero attached hydrogens (tertiary/aromatic N) is 2. The molecule has 0 spiro atoms. The molecule has 1 rings (SSSR count). The minimum atomic E-state index is -1.20. The highest BCUT2D eigenvalue weighted by Crippen LogP contribution is 2.22. The second-order valence-electron chi connectivity index (χ2n) is 2.76. The van der Waals surface area contributed by atoms with E-state index in [-0.39, 0.29) is 23.1 Å². The third kappa shape index (κ3) is 2.30. The molecule has 0 saturated heterocycles. The lowest BCUT2D eigenvalue weighted by Crippen LogP contribution is -2.28. The van der Waals surface area contributed by atoms with E-state index in [0.29, 0.717) is 0 Å². The van der Waals surface area contributed by atoms with Crippen molar-refractivity contribution in [3.8, 4) is 0 Å². The van der Waals surface area contributed by atoms with Crippen LogP contribution in [-0.4, -0.2) is 33.1 Å². The van der Waals surface area contributed by atoms with E-state index in [0.717, 1.165) is 0 Å². The Hall–Kier alpha value is -0.950. The number of halogens is 1. The fourth-order valence-corrected chi connectivity index (χ4v) is 1.12. The van der Waals surface area contributed by atoms with Gasteiger partial charge in [-0.2, -0.15) is 0 Å². The average Bonchev–Trinajstić information content (AvgIpc) is 2.19. The number of rotatable bonds is 3. The van der Waals surface area contributed by atoms with Gasteiger partial charge in [-0.25, -0.2) is 0 Å². The zero-order chi connectivity index (χ0) is 10.7. The van der Waals surface area contributed by atoms with E-state index in [2.05, 4.69) is 10.2 Å². The summed E-state index contributed by atoms with van der Waals surface area (Å²) in [4.78, 5) is 0. The highest BCUT2D eigenvalue weighted by Gasteiger charge is 2.20. The Balaban J connectivity index is 2.99. The molecule has 14 heavy (non-hydrogen) atoms. The summed E-state index contributed by atoms with van der Waals surface area (Å²) in [5, 5.41) is 25.9. The Bertz CT molecular complexity index is 323. The molecule has 0 amide bonds. The lowest BCUT2D eigenvalue weighted by atomic mass is 10.1. The summed E-state index contributed by atoms with van der Waals surface area (Å²) in [6.45, 7) is -0.0828. The number of hydrogen-bond acceptors (Lipinski definition) is 6. The van der Waals surface area contributed by atoms with Crippen molar-refractivity contribution in [2.24, 2.45) is 5.73 Å². The maximum Gasteiger partial charge on any atom is 0.152 e. The smallest absolute Gasteiger partial charge is 0.152 e. The maximum atomic E-state index is 9.56. The summed E-state index contributed by atoms with van der Waals surface area (Å²) in [6, 6.07) is 1.34. The third-order valence-electron chi connectivity index (χ3n) is 1.75. The van der Waals surface area contributed by atoms with Crippen molar-refractivity contribution >= 4 is 17.4 Å². The molecule has 7 heteroatoms. The fraction of sp³-hybridized carbons (Fsp3) is 0.429. The molecule has 0 aliphatic heterocycles. The monoisotopic (exact) mass is 218 g/mol. The molecule has 1 aromatic heterocycles. The van der Waals surface area contributed by atoms with E-state index in [1.165, 1.54) is 6.07 Å². The van der Waals surface area contributed by atoms with Crippen LogP contribution in [0.15, 0.2) is 6.07 Å². The van der Waals surface area contributed by atoms with Crippen molar-refractivity contribution in [3.63, 3.8) is 0 Å². The maximum absolute atomic E-state index is 9.56. The number of hydrogen-bond donors (Lipinski definition) is 4. The number of nitrogen functional groups attached to an aromatic ring is 1. The molecule has 1 aromatic rings. The molecule has 1 heterocycles. The van der Waals surface area contributed by atoms with Gasteiger partial charge in [0.25, 0.3) is 0 Å². The average molecular weight is 219 g/mol. The van der Waals surface area contributed by atoms with Crippen molar-refractivity contribution in [3.05, 3.63) is 16.8 Å². The highest BCUT2D eigenvalue weighted by molar-refractivity contribution is 6.29. The first-order valence-corrected chi connectivity index (χ1v) is 4.29. The van der Waals surface area contributed by atoms with Crippen molar-refractivity contribution in [2.45, 2.75) is 12.2 Å². The topological polar surface area (TPSA) is 118 Å². The number of nitrogens with two attached hydrogens (primary N) is 2. The van der Waals surface area contributed by atoms with Crippen molar-refractivity contribution < 1.29 is 10.2 Å². The molecule has 78 valence electrons. The van der Waals surface area contributed by atoms with Gasteiger partial charge in [-0.15, -0.1) is 10.2 Å². The van der Waals surface area contributed by atoms with Crippen molar-refractivity contribution in [2.75, 3.05) is 12.3 Å². The first-order valence-electron chi connectivity index (χ1n) is 3.91. The van der Waals surface area contributed by atoms with Crippen LogP contribution in [0.4, 0.5) is 5.82 Å². The van der Waals surface area contributed by atoms with Crippen LogP contribution in [0.25, 0.3) is 0 Å². The van der Waals surface area contributed by atoms with Crippen LogP contribution >= 0.6 is 11.6 Å². The summed E-state index contributed by atoms with van der Waals surface area (Å²) in [5.41, 5.74) is 10.8. The van der Waals surface area contributed by atoms with Gasteiger partial charge in [-0.3, -0.25) is 0 Å². The summed E-state index contributed by atoms with van der Waals surface area (Å²) in [5.74, 6) is 0.0226. The fourth-order valence-electron chi connectivity index (χ4n) is 0.964. The quantitative estimate of drug-likeness (QED) is 0.520. The summed E-state index contributed by atoms with van der Waals surface area (Å²) in [7, 11) is 0. The lowest BCUT2D eigenvalue weighted by Gasteiger charge is -2.16. The molecule has 0 saturated carbocycles. The predicted molar refractivity (Wildman–Crippen MR) is 51.5 cm³/mol. The second-order valence-corrected chi connectivity index (χ2v) is 3.14. The van der Waals surface area contributed by atoms with Gasteiger partial charge in [0.1, 0.15) is 6.10 Å². The molecule has 2 atom stereocenters. The van der Waals surface area contributed by atoms with Gasteiger partial charge < -0.3 is 21.7 Å². The van der Waals surface area contributed by atoms with Crippen LogP contribution < -0.4 is 11.5 Å². The van der Waals surface area contributed by atoms with E-state index >= 15 is 0 Å². The number of anilines is 1. The minimum Gasteiger partial charge on any atom is -0.389 e. The van der Waals surface area contributed by atoms with Crippen LogP contribution in [0.3, 0.4) is 0 Å². The molecule has 2 unspecified atom stereocenters. The Kier molecular flexibility index (Phi) is 3.59. The molecular weight excluding hydrogens is 208 g/mol. The van der Waals surface area contributed by atoms with Gasteiger partial charge in [0.2, 0.25) is 0 Å². The molecule has 0 aromatic carbocycles. The van der Waals surface area contributed by atoms with Crippen LogP contribution in [-0.2, 0) is 0 Å². The normalized spacial score (nSPS) is 15.1. The Labute approximate surface area is 85.5 Å². The number of aromatic nitrogens is 2. The van der Waals surface area contributed by atoms with Crippen molar-refractivity contribution in [1.82, 2.24) is 10.2 Å². The van der Waals surface area contributed by atoms with Gasteiger partial charge in [0, 0.05) is 12.1 Å². The van der Waals surface area contributed by atoms with Gasteiger partial charge in [-0.05, 0) is 6.07 Å². The van der Waals surface area contributed by atoms with E-state index in [1.807, 2.05) is 0 Å². The summed E-state index contributed by atoms with van der Waals surface area (Å²) >= 11 is 5.56. The van der Waals surface area contributed by atoms with Crippen LogP contribution in [0.2, 0.25) is 5.15 Å². The van der Waals surface area contributed by atoms with E-state index in [9.17, 15) is 10.2 Å². The molecule has 0 fully saturated rings. The van der Waals surface area contributed by atoms with Gasteiger partial charge >= 0.3 is 0 Å². The molecule has 0 aliphatic carbocycles. The standard InChI is InChI=1S/C7H11ClN4O2/c8-5-1-3(7(10)12-11-5)6(14)4(13)2-9/h1,4,6,13-14H,2,9H2,(H2,10,12). The number of aliphatic hydroxyl groups is 2. The van der Waals surface area contributed by atoms with Gasteiger partial charge in [-0.1, -0.05) is 11.6 Å². The van der Waals surface area contributed by atoms with Gasteiger partial charge in [0.05, 0.1) is 6.10 Å². The number of aliphatic hydroxyl groups excluding tert-OH is 2. The van der Waals surface area contributed by atoms with Crippen molar-refractivity contribution in [1.29, 1.82) is 0 Å². The third-order valence-corrected chi connectivity index (χ3v) is 1.93. The minimum absolute atomic E-state index is 0.0226. The zero-order valence-corrected chi connectivity index (χ0v) is 8.02. The molecule has 6 nitrogen and oxygen atoms in total. The summed E-state index contributed by atoms with van der Waals surface area (Å²) in [6.07, 6.45) is -2.30. The first-order chi connectivity index (χ1) is 6.56. The van der Waals surface area contributed by atoms with E-state index < -0.39 is 12.2 Å². The zero-order valence-electron chi connectivity index (χ0n) is 7.26. The Morgan fingerprint density at radius 3 is 2.64 bits per heavy atom. The molecule has 0 bridgehead atoms. The van der Waals surface area contributed by atoms with E-state index in [1.54, 1.807) is 0 Å². The molecule has 6 N–H and O–H groups in total. The predicted octanol–water partition coefficient (Wildman–Crippen LogP) is -0.935. The second kappa shape index (κ2) is 4.52. The molecular formula is C7H11ClN4O2. The SMILES string of the molecule is NCC(O)C(O)c1cc(Cl)nnc1N. The summed E-state index contributed by atoms with van der Waals surface area (Å²) < 4.78 is 0. The van der Waals surface area contributed by atoms with E-state index in [4.69, 9.17) is 23.1 Å². The molecule has 0 radical (unpaired) electrons. The van der Waals surface area contributed by atoms with Crippen LogP contribution in [0, 0.1) is 0 Å². The van der Waals surface area contributed by atoms with Gasteiger partial charge in [0.15, 0.2) is 11.0 Å². The van der Waals surface area contributed by atoms with Crippen LogP contribution in [0.1, 0.15) is 11.7 Å². The first kappa shape index (κ1) is 11.1. The largest absolute Gasteiger partial charge is 0.389 e. The highest BCUT2D eigenvalue weighted by atomic mass is 35.5.